The van der Waals surface area contributed by atoms with Gasteiger partial charge in [0.05, 0.1) is 19.3 Å². The van der Waals surface area contributed by atoms with Crippen LogP contribution in [0.3, 0.4) is 0 Å². The van der Waals surface area contributed by atoms with Gasteiger partial charge in [-0.05, 0) is 75.8 Å². The van der Waals surface area contributed by atoms with E-state index in [1.165, 1.54) is 38.8 Å². The molecule has 8 nitrogen and oxygen atoms in total. The minimum absolute atomic E-state index is 0.0127. The number of nitrogens with zero attached hydrogens (tertiary/aromatic N) is 3. The number of amides is 2. The van der Waals surface area contributed by atoms with Crippen molar-refractivity contribution in [2.45, 2.75) is 110 Å². The molecule has 1 aliphatic carbocycles. The van der Waals surface area contributed by atoms with E-state index in [1.807, 2.05) is 9.80 Å². The molecule has 0 aromatic heterocycles. The predicted octanol–water partition coefficient (Wildman–Crippen LogP) is 3.49. The Kier molecular flexibility index (Phi) is 8.97. The van der Waals surface area contributed by atoms with E-state index in [9.17, 15) is 9.59 Å². The van der Waals surface area contributed by atoms with Crippen LogP contribution in [-0.4, -0.2) is 103 Å². The minimum atomic E-state index is -0.576. The van der Waals surface area contributed by atoms with Crippen LogP contribution < -0.4 is 5.32 Å². The Bertz CT molecular complexity index is 857. The molecule has 0 aromatic carbocycles. The lowest BCUT2D eigenvalue weighted by Gasteiger charge is -2.50. The third-order valence-electron chi connectivity index (χ3n) is 10.1. The second kappa shape index (κ2) is 11.9. The number of hydrogen-bond acceptors (Lipinski definition) is 6. The summed E-state index contributed by atoms with van der Waals surface area (Å²) in [5.41, 5.74) is 0.712. The van der Waals surface area contributed by atoms with Crippen LogP contribution in [-0.2, 0) is 19.1 Å². The molecule has 5 fully saturated rings. The Morgan fingerprint density at radius 3 is 2.26 bits per heavy atom. The highest BCUT2D eigenvalue weighted by Crippen LogP contribution is 2.53. The summed E-state index contributed by atoms with van der Waals surface area (Å²) in [5, 5.41) is 3.39. The van der Waals surface area contributed by atoms with Gasteiger partial charge in [-0.2, -0.15) is 0 Å². The molecular formula is C31H54N4O4. The molecule has 8 heteroatoms. The van der Waals surface area contributed by atoms with Crippen LogP contribution in [0.2, 0.25) is 0 Å². The average molecular weight is 547 g/mol. The van der Waals surface area contributed by atoms with E-state index in [0.29, 0.717) is 55.5 Å². The molecule has 4 heterocycles. The van der Waals surface area contributed by atoms with E-state index < -0.39 is 11.8 Å². The Morgan fingerprint density at radius 2 is 1.67 bits per heavy atom. The molecule has 0 bridgehead atoms. The molecule has 2 amide bonds. The predicted molar refractivity (Wildman–Crippen MR) is 152 cm³/mol. The van der Waals surface area contributed by atoms with Crippen LogP contribution in [0.1, 0.15) is 86.0 Å². The Balaban J connectivity index is 1.15. The number of ether oxygens (including phenoxy) is 2. The normalized spacial score (nSPS) is 34.3. The molecule has 0 aromatic rings. The average Bonchev–Trinajstić information content (AvgIpc) is 3.65. The summed E-state index contributed by atoms with van der Waals surface area (Å²) >= 11 is 0. The van der Waals surface area contributed by atoms with Crippen molar-refractivity contribution in [3.63, 3.8) is 0 Å². The Morgan fingerprint density at radius 1 is 0.974 bits per heavy atom. The van der Waals surface area contributed by atoms with E-state index in [0.717, 1.165) is 32.7 Å². The van der Waals surface area contributed by atoms with Gasteiger partial charge in [-0.25, -0.2) is 0 Å². The highest BCUT2D eigenvalue weighted by molar-refractivity contribution is 5.90. The van der Waals surface area contributed by atoms with Crippen LogP contribution in [0.15, 0.2) is 0 Å². The van der Waals surface area contributed by atoms with E-state index in [4.69, 9.17) is 9.47 Å². The molecule has 1 N–H and O–H groups in total. The number of hydrogen-bond donors (Lipinski definition) is 1. The monoisotopic (exact) mass is 546 g/mol. The number of piperazine rings is 1. The zero-order chi connectivity index (χ0) is 27.8. The zero-order valence-corrected chi connectivity index (χ0v) is 25.3. The molecule has 39 heavy (non-hydrogen) atoms. The first-order valence-corrected chi connectivity index (χ1v) is 15.9. The van der Waals surface area contributed by atoms with E-state index >= 15 is 0 Å². The summed E-state index contributed by atoms with van der Waals surface area (Å²) in [7, 11) is 0. The van der Waals surface area contributed by atoms with Gasteiger partial charge in [0, 0.05) is 51.0 Å². The molecule has 5 aliphatic rings. The minimum Gasteiger partial charge on any atom is -0.349 e. The SMILES string of the molecule is CC(C)C[C@@H]1NCCN([C@@H](CC(C)C)C(=O)N2CC[C@]3(C[C@@H]2C)OC[C@H](CN2CCC4(CC2)CC4)CO3)C1=O. The number of rotatable bonds is 8. The smallest absolute Gasteiger partial charge is 0.245 e. The third kappa shape index (κ3) is 6.82. The molecule has 4 saturated heterocycles. The number of nitrogens with one attached hydrogen (secondary N) is 1. The summed E-state index contributed by atoms with van der Waals surface area (Å²) in [4.78, 5) is 34.0. The van der Waals surface area contributed by atoms with Gasteiger partial charge < -0.3 is 29.5 Å². The van der Waals surface area contributed by atoms with E-state index in [-0.39, 0.29) is 23.9 Å². The van der Waals surface area contributed by atoms with Crippen molar-refractivity contribution in [2.24, 2.45) is 23.2 Å². The van der Waals surface area contributed by atoms with Crippen LogP contribution in [0.25, 0.3) is 0 Å². The topological polar surface area (TPSA) is 74.3 Å². The molecule has 2 spiro atoms. The third-order valence-corrected chi connectivity index (χ3v) is 10.1. The molecule has 0 radical (unpaired) electrons. The second-order valence-corrected chi connectivity index (χ2v) is 14.3. The van der Waals surface area contributed by atoms with Gasteiger partial charge in [0.25, 0.3) is 0 Å². The lowest BCUT2D eigenvalue weighted by atomic mass is 9.91. The zero-order valence-electron chi connectivity index (χ0n) is 25.3. The van der Waals surface area contributed by atoms with Crippen LogP contribution >= 0.6 is 0 Å². The molecule has 5 rings (SSSR count). The molecule has 3 atom stereocenters. The first-order valence-electron chi connectivity index (χ1n) is 15.9. The first kappa shape index (κ1) is 29.3. The van der Waals surface area contributed by atoms with E-state index in [1.54, 1.807) is 0 Å². The van der Waals surface area contributed by atoms with Crippen molar-refractivity contribution in [1.29, 1.82) is 0 Å². The second-order valence-electron chi connectivity index (χ2n) is 14.3. The number of piperidine rings is 2. The first-order chi connectivity index (χ1) is 18.6. The summed E-state index contributed by atoms with van der Waals surface area (Å²) in [6, 6.07) is -0.582. The molecule has 1 saturated carbocycles. The van der Waals surface area contributed by atoms with Gasteiger partial charge in [0.2, 0.25) is 11.8 Å². The van der Waals surface area contributed by atoms with Crippen molar-refractivity contribution in [3.05, 3.63) is 0 Å². The number of likely N-dealkylation sites (tertiary alicyclic amines) is 2. The lowest BCUT2D eigenvalue weighted by molar-refractivity contribution is -0.303. The molecule has 0 unspecified atom stereocenters. The fraction of sp³-hybridized carbons (Fsp3) is 0.935. The maximum absolute atomic E-state index is 14.0. The van der Waals surface area contributed by atoms with Crippen molar-refractivity contribution in [2.75, 3.05) is 52.5 Å². The maximum Gasteiger partial charge on any atom is 0.245 e. The summed E-state index contributed by atoms with van der Waals surface area (Å²) < 4.78 is 12.9. The largest absolute Gasteiger partial charge is 0.349 e. The van der Waals surface area contributed by atoms with Gasteiger partial charge in [0.15, 0.2) is 5.79 Å². The van der Waals surface area contributed by atoms with Gasteiger partial charge in [-0.3, -0.25) is 9.59 Å². The maximum atomic E-state index is 14.0. The highest BCUT2D eigenvalue weighted by Gasteiger charge is 2.48. The van der Waals surface area contributed by atoms with Gasteiger partial charge in [-0.15, -0.1) is 0 Å². The molecule has 4 aliphatic heterocycles. The van der Waals surface area contributed by atoms with Gasteiger partial charge >= 0.3 is 0 Å². The number of carbonyl (C=O) groups is 2. The molecule has 222 valence electrons. The van der Waals surface area contributed by atoms with Crippen molar-refractivity contribution in [1.82, 2.24) is 20.0 Å². The summed E-state index contributed by atoms with van der Waals surface area (Å²) in [6.45, 7) is 17.6. The molecular weight excluding hydrogens is 492 g/mol. The number of carbonyl (C=O) groups excluding carboxylic acids is 2. The van der Waals surface area contributed by atoms with Crippen LogP contribution in [0, 0.1) is 23.2 Å². The summed E-state index contributed by atoms with van der Waals surface area (Å²) in [5.74, 6) is 0.777. The quantitative estimate of drug-likeness (QED) is 0.503. The Hall–Kier alpha value is -1.22. The van der Waals surface area contributed by atoms with Gasteiger partial charge in [-0.1, -0.05) is 27.7 Å². The van der Waals surface area contributed by atoms with Crippen LogP contribution in [0.4, 0.5) is 0 Å². The van der Waals surface area contributed by atoms with Crippen molar-refractivity contribution in [3.8, 4) is 0 Å². The fourth-order valence-corrected chi connectivity index (χ4v) is 7.47. The van der Waals surface area contributed by atoms with Crippen molar-refractivity contribution >= 4 is 11.8 Å². The highest BCUT2D eigenvalue weighted by atomic mass is 16.7. The Labute approximate surface area is 236 Å². The summed E-state index contributed by atoms with van der Waals surface area (Å²) in [6.07, 6.45) is 8.50. The van der Waals surface area contributed by atoms with Crippen LogP contribution in [0.5, 0.6) is 0 Å². The standard InChI is InChI=1S/C31H54N4O4/c1-22(2)16-26-28(36)35(15-11-32-26)27(17-23(3)4)29(37)34-14-10-31(18-24(34)5)38-20-25(21-39-31)19-33-12-8-30(6-7-30)9-13-33/h22-27,32H,6-21H2,1-5H3/t24-,25-,26-,27-,31-/m0/s1. The fourth-order valence-electron chi connectivity index (χ4n) is 7.47. The van der Waals surface area contributed by atoms with Gasteiger partial charge in [0.1, 0.15) is 6.04 Å². The van der Waals surface area contributed by atoms with Crippen molar-refractivity contribution < 1.29 is 19.1 Å². The van der Waals surface area contributed by atoms with E-state index in [2.05, 4.69) is 44.8 Å². The lowest BCUT2D eigenvalue weighted by Crippen LogP contribution is -2.64.